The second kappa shape index (κ2) is 10.2. The zero-order chi connectivity index (χ0) is 24.0. The van der Waals surface area contributed by atoms with E-state index in [-0.39, 0.29) is 27.6 Å². The van der Waals surface area contributed by atoms with Gasteiger partial charge in [0.1, 0.15) is 11.5 Å². The number of ketones is 1. The van der Waals surface area contributed by atoms with Crippen LogP contribution in [0.4, 0.5) is 5.69 Å². The molecule has 0 N–H and O–H groups in total. The first-order valence-electron chi connectivity index (χ1n) is 9.75. The van der Waals surface area contributed by atoms with Crippen molar-refractivity contribution in [3.63, 3.8) is 0 Å². The van der Waals surface area contributed by atoms with Gasteiger partial charge in [0.05, 0.1) is 45.6 Å². The van der Waals surface area contributed by atoms with E-state index in [9.17, 15) is 13.2 Å². The first-order chi connectivity index (χ1) is 15.8. The Balaban J connectivity index is 2.17. The van der Waals surface area contributed by atoms with Crippen LogP contribution in [0.25, 0.3) is 0 Å². The van der Waals surface area contributed by atoms with Gasteiger partial charge in [0.15, 0.2) is 17.3 Å². The molecule has 10 heteroatoms. The number of carbonyl (C=O) groups is 1. The van der Waals surface area contributed by atoms with E-state index >= 15 is 0 Å². The summed E-state index contributed by atoms with van der Waals surface area (Å²) in [6.07, 6.45) is 2.91. The summed E-state index contributed by atoms with van der Waals surface area (Å²) >= 11 is 0. The molecular formula is C23H24N2O7S. The molecule has 0 saturated carbocycles. The molecule has 0 radical (unpaired) electrons. The van der Waals surface area contributed by atoms with E-state index in [1.807, 2.05) is 0 Å². The Kier molecular flexibility index (Phi) is 7.39. The van der Waals surface area contributed by atoms with Gasteiger partial charge in [-0.25, -0.2) is 8.42 Å². The zero-order valence-electron chi connectivity index (χ0n) is 18.6. The molecule has 0 atom stereocenters. The van der Waals surface area contributed by atoms with Crippen molar-refractivity contribution in [2.45, 2.75) is 4.90 Å². The maximum Gasteiger partial charge on any atom is 0.265 e. The first-order valence-corrected chi connectivity index (χ1v) is 11.2. The number of aromatic nitrogens is 1. The Morgan fingerprint density at radius 2 is 1.58 bits per heavy atom. The summed E-state index contributed by atoms with van der Waals surface area (Å²) in [5.74, 6) is 0.797. The highest BCUT2D eigenvalue weighted by atomic mass is 32.2. The Bertz CT molecular complexity index is 1230. The molecule has 1 heterocycles. The fourth-order valence-electron chi connectivity index (χ4n) is 3.14. The SMILES string of the molecule is COc1ccc(OC)c(N(CC(=O)c2cccnc2)S(=O)(=O)c2ccc(OC)c(OC)c2)c1. The molecule has 0 unspecified atom stereocenters. The molecule has 174 valence electrons. The van der Waals surface area contributed by atoms with Crippen LogP contribution in [0.2, 0.25) is 0 Å². The van der Waals surface area contributed by atoms with E-state index in [1.165, 1.54) is 65.1 Å². The van der Waals surface area contributed by atoms with E-state index in [1.54, 1.807) is 24.3 Å². The summed E-state index contributed by atoms with van der Waals surface area (Å²) in [5.41, 5.74) is 0.413. The second-order valence-corrected chi connectivity index (χ2v) is 8.59. The summed E-state index contributed by atoms with van der Waals surface area (Å²) in [6, 6.07) is 12.1. The lowest BCUT2D eigenvalue weighted by Crippen LogP contribution is -2.36. The third kappa shape index (κ3) is 5.01. The van der Waals surface area contributed by atoms with Crippen molar-refractivity contribution in [3.05, 3.63) is 66.5 Å². The Hall–Kier alpha value is -3.79. The maximum absolute atomic E-state index is 13.8. The van der Waals surface area contributed by atoms with Gasteiger partial charge >= 0.3 is 0 Å². The van der Waals surface area contributed by atoms with Crippen molar-refractivity contribution in [2.75, 3.05) is 39.3 Å². The number of ether oxygens (including phenoxy) is 4. The number of hydrogen-bond acceptors (Lipinski definition) is 8. The molecule has 0 aliphatic heterocycles. The maximum atomic E-state index is 13.8. The lowest BCUT2D eigenvalue weighted by molar-refractivity contribution is 0.100. The molecule has 3 aromatic rings. The van der Waals surface area contributed by atoms with Crippen LogP contribution in [0.15, 0.2) is 65.8 Å². The van der Waals surface area contributed by atoms with E-state index in [0.717, 1.165) is 4.31 Å². The van der Waals surface area contributed by atoms with Gasteiger partial charge in [0, 0.05) is 30.1 Å². The molecule has 0 aliphatic carbocycles. The molecule has 0 spiro atoms. The van der Waals surface area contributed by atoms with Crippen molar-refractivity contribution in [1.29, 1.82) is 0 Å². The smallest absolute Gasteiger partial charge is 0.265 e. The van der Waals surface area contributed by atoms with E-state index < -0.39 is 22.4 Å². The van der Waals surface area contributed by atoms with Gasteiger partial charge in [-0.1, -0.05) is 0 Å². The Morgan fingerprint density at radius 1 is 0.879 bits per heavy atom. The molecule has 0 fully saturated rings. The van der Waals surface area contributed by atoms with Gasteiger partial charge in [0.25, 0.3) is 10.0 Å². The van der Waals surface area contributed by atoms with Crippen molar-refractivity contribution < 1.29 is 32.2 Å². The van der Waals surface area contributed by atoms with Crippen molar-refractivity contribution in [3.8, 4) is 23.0 Å². The molecule has 0 amide bonds. The van der Waals surface area contributed by atoms with E-state index in [0.29, 0.717) is 11.5 Å². The summed E-state index contributed by atoms with van der Waals surface area (Å²) in [4.78, 5) is 16.9. The Labute approximate surface area is 192 Å². The number of methoxy groups -OCH3 is 4. The van der Waals surface area contributed by atoms with Gasteiger partial charge in [0.2, 0.25) is 0 Å². The van der Waals surface area contributed by atoms with Crippen molar-refractivity contribution in [1.82, 2.24) is 4.98 Å². The van der Waals surface area contributed by atoms with Crippen molar-refractivity contribution in [2.24, 2.45) is 0 Å². The number of benzene rings is 2. The molecule has 0 aliphatic rings. The average molecular weight is 473 g/mol. The van der Waals surface area contributed by atoms with E-state index in [2.05, 4.69) is 4.98 Å². The predicted molar refractivity (Wildman–Crippen MR) is 122 cm³/mol. The fraction of sp³-hybridized carbons (Fsp3) is 0.217. The molecule has 3 rings (SSSR count). The number of rotatable bonds is 10. The molecule has 0 bridgehead atoms. The second-order valence-electron chi connectivity index (χ2n) is 6.73. The summed E-state index contributed by atoms with van der Waals surface area (Å²) in [5, 5.41) is 0. The monoisotopic (exact) mass is 472 g/mol. The fourth-order valence-corrected chi connectivity index (χ4v) is 4.58. The van der Waals surface area contributed by atoms with Gasteiger partial charge in [-0.15, -0.1) is 0 Å². The third-order valence-electron chi connectivity index (χ3n) is 4.87. The number of hydrogen-bond donors (Lipinski definition) is 0. The lowest BCUT2D eigenvalue weighted by Gasteiger charge is -2.26. The summed E-state index contributed by atoms with van der Waals surface area (Å²) < 4.78 is 49.7. The third-order valence-corrected chi connectivity index (χ3v) is 6.62. The standard InChI is InChI=1S/C23H24N2O7S/c1-29-17-7-9-21(30-2)19(12-17)25(15-20(26)16-6-5-11-24-14-16)33(27,28)18-8-10-22(31-3)23(13-18)32-4/h5-14H,15H2,1-4H3. The number of nitrogens with zero attached hydrogens (tertiary/aromatic N) is 2. The number of Topliss-reactive ketones (excluding diaryl/α,β-unsaturated/α-hetero) is 1. The number of carbonyl (C=O) groups excluding carboxylic acids is 1. The predicted octanol–water partition coefficient (Wildman–Crippen LogP) is 3.19. The van der Waals surface area contributed by atoms with Crippen LogP contribution in [-0.4, -0.2) is 54.2 Å². The van der Waals surface area contributed by atoms with Crippen LogP contribution in [0.1, 0.15) is 10.4 Å². The lowest BCUT2D eigenvalue weighted by atomic mass is 10.2. The quantitative estimate of drug-likeness (QED) is 0.415. The number of anilines is 1. The zero-order valence-corrected chi connectivity index (χ0v) is 19.5. The molecule has 2 aromatic carbocycles. The summed E-state index contributed by atoms with van der Waals surface area (Å²) in [6.45, 7) is -0.494. The summed E-state index contributed by atoms with van der Waals surface area (Å²) in [7, 11) is 1.47. The number of sulfonamides is 1. The van der Waals surface area contributed by atoms with Crippen LogP contribution < -0.4 is 23.3 Å². The van der Waals surface area contributed by atoms with Crippen LogP contribution in [0.3, 0.4) is 0 Å². The topological polar surface area (TPSA) is 104 Å². The molecule has 33 heavy (non-hydrogen) atoms. The highest BCUT2D eigenvalue weighted by Crippen LogP contribution is 2.37. The molecule has 9 nitrogen and oxygen atoms in total. The minimum atomic E-state index is -4.25. The minimum absolute atomic E-state index is 0.0935. The highest BCUT2D eigenvalue weighted by Gasteiger charge is 2.31. The number of pyridine rings is 1. The average Bonchev–Trinajstić information content (AvgIpc) is 2.86. The van der Waals surface area contributed by atoms with Crippen LogP contribution in [0.5, 0.6) is 23.0 Å². The largest absolute Gasteiger partial charge is 0.497 e. The van der Waals surface area contributed by atoms with E-state index in [4.69, 9.17) is 18.9 Å². The highest BCUT2D eigenvalue weighted by molar-refractivity contribution is 7.92. The van der Waals surface area contributed by atoms with Gasteiger partial charge in [-0.05, 0) is 36.4 Å². The first kappa shape index (κ1) is 23.9. The molecular weight excluding hydrogens is 448 g/mol. The van der Waals surface area contributed by atoms with Crippen molar-refractivity contribution >= 4 is 21.5 Å². The molecule has 0 saturated heterocycles. The van der Waals surface area contributed by atoms with Gasteiger partial charge in [-0.3, -0.25) is 14.1 Å². The van der Waals surface area contributed by atoms with Crippen LogP contribution in [-0.2, 0) is 10.0 Å². The van der Waals surface area contributed by atoms with Crippen LogP contribution >= 0.6 is 0 Å². The molecule has 1 aromatic heterocycles. The van der Waals surface area contributed by atoms with Crippen LogP contribution in [0, 0.1) is 0 Å². The normalized spacial score (nSPS) is 10.9. The van der Waals surface area contributed by atoms with Gasteiger partial charge < -0.3 is 18.9 Å². The van der Waals surface area contributed by atoms with Gasteiger partial charge in [-0.2, -0.15) is 0 Å². The minimum Gasteiger partial charge on any atom is -0.497 e. The Morgan fingerprint density at radius 3 is 2.18 bits per heavy atom.